The number of nitrogens with zero attached hydrogens (tertiary/aromatic N) is 3. The summed E-state index contributed by atoms with van der Waals surface area (Å²) in [7, 11) is 2.06. The molecule has 1 aromatic heterocycles. The Morgan fingerprint density at radius 2 is 2.16 bits per heavy atom. The maximum atomic E-state index is 4.38. The van der Waals surface area contributed by atoms with Crippen LogP contribution in [-0.2, 0) is 13.0 Å². The molecule has 1 aliphatic heterocycles. The summed E-state index contributed by atoms with van der Waals surface area (Å²) in [6.45, 7) is 5.66. The van der Waals surface area contributed by atoms with Gasteiger partial charge in [0.25, 0.3) is 0 Å². The first-order valence-corrected chi connectivity index (χ1v) is 8.47. The second-order valence-corrected chi connectivity index (χ2v) is 6.44. The molecule has 0 aliphatic carbocycles. The van der Waals surface area contributed by atoms with E-state index < -0.39 is 0 Å². The van der Waals surface area contributed by atoms with Crippen molar-refractivity contribution in [2.45, 2.75) is 63.7 Å². The maximum absolute atomic E-state index is 4.38. The summed E-state index contributed by atoms with van der Waals surface area (Å²) in [5.41, 5.74) is 0. The molecule has 19 heavy (non-hydrogen) atoms. The van der Waals surface area contributed by atoms with Crippen LogP contribution in [0.15, 0.2) is 5.16 Å². The van der Waals surface area contributed by atoms with Crippen molar-refractivity contribution < 1.29 is 0 Å². The Morgan fingerprint density at radius 3 is 2.89 bits per heavy atom. The summed E-state index contributed by atoms with van der Waals surface area (Å²) in [4.78, 5) is 0. The van der Waals surface area contributed by atoms with Gasteiger partial charge in [0, 0.05) is 24.8 Å². The average Bonchev–Trinajstić information content (AvgIpc) is 2.67. The molecule has 1 aromatic rings. The first-order chi connectivity index (χ1) is 9.26. The molecule has 0 aromatic carbocycles. The molecule has 2 heterocycles. The zero-order valence-corrected chi connectivity index (χ0v) is 13.2. The van der Waals surface area contributed by atoms with Crippen molar-refractivity contribution in [2.75, 3.05) is 12.8 Å². The molecule has 1 N–H and O–H groups in total. The predicted molar refractivity (Wildman–Crippen MR) is 80.6 cm³/mol. The third-order valence-electron chi connectivity index (χ3n) is 4.17. The van der Waals surface area contributed by atoms with Gasteiger partial charge in [0.05, 0.1) is 0 Å². The Morgan fingerprint density at radius 1 is 1.32 bits per heavy atom. The number of hydrogen-bond donors (Lipinski definition) is 1. The molecule has 0 amide bonds. The molecule has 0 radical (unpaired) electrons. The van der Waals surface area contributed by atoms with Gasteiger partial charge >= 0.3 is 0 Å². The van der Waals surface area contributed by atoms with E-state index in [9.17, 15) is 0 Å². The zero-order valence-electron chi connectivity index (χ0n) is 12.4. The molecule has 5 heteroatoms. The molecular weight excluding hydrogens is 256 g/mol. The number of rotatable bonds is 6. The van der Waals surface area contributed by atoms with E-state index in [1.807, 2.05) is 11.8 Å². The van der Waals surface area contributed by atoms with Crippen LogP contribution in [0.2, 0.25) is 0 Å². The third-order valence-corrected chi connectivity index (χ3v) is 5.26. The number of hydrogen-bond acceptors (Lipinski definition) is 4. The van der Waals surface area contributed by atoms with E-state index in [1.54, 1.807) is 0 Å². The molecule has 0 saturated heterocycles. The Hall–Kier alpha value is -0.550. The lowest BCUT2D eigenvalue weighted by Crippen LogP contribution is -2.34. The van der Waals surface area contributed by atoms with Gasteiger partial charge in [-0.2, -0.15) is 0 Å². The smallest absolute Gasteiger partial charge is 0.191 e. The van der Waals surface area contributed by atoms with E-state index in [4.69, 9.17) is 0 Å². The van der Waals surface area contributed by atoms with Crippen LogP contribution >= 0.6 is 11.8 Å². The number of aromatic nitrogens is 3. The Bertz CT molecular complexity index is 391. The minimum absolute atomic E-state index is 0.550. The van der Waals surface area contributed by atoms with Gasteiger partial charge < -0.3 is 9.88 Å². The van der Waals surface area contributed by atoms with Gasteiger partial charge in [0.1, 0.15) is 5.82 Å². The van der Waals surface area contributed by atoms with Crippen LogP contribution in [0.25, 0.3) is 0 Å². The summed E-state index contributed by atoms with van der Waals surface area (Å²) in [5.74, 6) is 2.96. The first kappa shape index (κ1) is 14.9. The molecule has 0 fully saturated rings. The molecule has 2 rings (SSSR count). The van der Waals surface area contributed by atoms with Gasteiger partial charge in [0.15, 0.2) is 5.16 Å². The lowest BCUT2D eigenvalue weighted by molar-refractivity contribution is 0.420. The summed E-state index contributed by atoms with van der Waals surface area (Å²) in [6.07, 6.45) is 6.14. The van der Waals surface area contributed by atoms with E-state index in [0.29, 0.717) is 12.0 Å². The van der Waals surface area contributed by atoms with Gasteiger partial charge in [-0.3, -0.25) is 0 Å². The van der Waals surface area contributed by atoms with E-state index in [0.717, 1.165) is 23.9 Å². The highest BCUT2D eigenvalue weighted by Crippen LogP contribution is 2.24. The highest BCUT2D eigenvalue weighted by molar-refractivity contribution is 7.99. The van der Waals surface area contributed by atoms with Crippen LogP contribution in [0.4, 0.5) is 0 Å². The second kappa shape index (κ2) is 7.29. The summed E-state index contributed by atoms with van der Waals surface area (Å²) < 4.78 is 2.33. The van der Waals surface area contributed by atoms with E-state index in [-0.39, 0.29) is 0 Å². The van der Waals surface area contributed by atoms with Crippen LogP contribution in [0, 0.1) is 5.92 Å². The molecule has 0 saturated carbocycles. The number of nitrogens with one attached hydrogen (secondary N) is 1. The molecule has 2 atom stereocenters. The molecule has 108 valence electrons. The van der Waals surface area contributed by atoms with Crippen molar-refractivity contribution in [3.63, 3.8) is 0 Å². The van der Waals surface area contributed by atoms with Crippen molar-refractivity contribution in [2.24, 2.45) is 5.92 Å². The van der Waals surface area contributed by atoms with Crippen LogP contribution in [0.1, 0.15) is 45.4 Å². The molecule has 2 unspecified atom stereocenters. The summed E-state index contributed by atoms with van der Waals surface area (Å²) in [6, 6.07) is 0.550. The topological polar surface area (TPSA) is 42.7 Å². The third kappa shape index (κ3) is 3.72. The van der Waals surface area contributed by atoms with E-state index >= 15 is 0 Å². The first-order valence-electron chi connectivity index (χ1n) is 7.48. The minimum Gasteiger partial charge on any atom is -0.316 e. The minimum atomic E-state index is 0.550. The second-order valence-electron chi connectivity index (χ2n) is 5.45. The largest absolute Gasteiger partial charge is 0.316 e. The average molecular weight is 282 g/mol. The van der Waals surface area contributed by atoms with Crippen molar-refractivity contribution in [1.29, 1.82) is 0 Å². The summed E-state index contributed by atoms with van der Waals surface area (Å²) in [5, 5.41) is 13.3. The highest BCUT2D eigenvalue weighted by Gasteiger charge is 2.18. The van der Waals surface area contributed by atoms with Gasteiger partial charge in [-0.15, -0.1) is 10.2 Å². The monoisotopic (exact) mass is 282 g/mol. The SMILES string of the molecule is CCC(C)C(CSc1nnc2n1CCCCC2)NC. The molecule has 0 bridgehead atoms. The van der Waals surface area contributed by atoms with Crippen molar-refractivity contribution in [1.82, 2.24) is 20.1 Å². The van der Waals surface area contributed by atoms with Crippen molar-refractivity contribution in [3.05, 3.63) is 5.82 Å². The standard InChI is InChI=1S/C14H26N4S/c1-4-11(2)12(15-3)10-19-14-17-16-13-8-6-5-7-9-18(13)14/h11-12,15H,4-10H2,1-3H3. The molecule has 1 aliphatic rings. The fraction of sp³-hybridized carbons (Fsp3) is 0.857. The summed E-state index contributed by atoms with van der Waals surface area (Å²) >= 11 is 1.85. The zero-order chi connectivity index (χ0) is 13.7. The quantitative estimate of drug-likeness (QED) is 0.815. The van der Waals surface area contributed by atoms with Gasteiger partial charge in [-0.25, -0.2) is 0 Å². The van der Waals surface area contributed by atoms with Crippen molar-refractivity contribution >= 4 is 11.8 Å². The Balaban J connectivity index is 1.97. The van der Waals surface area contributed by atoms with Gasteiger partial charge in [0.2, 0.25) is 0 Å². The van der Waals surface area contributed by atoms with Crippen molar-refractivity contribution in [3.8, 4) is 0 Å². The van der Waals surface area contributed by atoms with Crippen LogP contribution < -0.4 is 5.32 Å². The fourth-order valence-corrected chi connectivity index (χ4v) is 3.82. The van der Waals surface area contributed by atoms with Gasteiger partial charge in [-0.1, -0.05) is 38.5 Å². The number of fused-ring (bicyclic) bond motifs is 1. The fourth-order valence-electron chi connectivity index (χ4n) is 2.55. The van der Waals surface area contributed by atoms with Crippen LogP contribution in [0.3, 0.4) is 0 Å². The van der Waals surface area contributed by atoms with Crippen LogP contribution in [0.5, 0.6) is 0 Å². The Kier molecular flexibility index (Phi) is 5.70. The predicted octanol–water partition coefficient (Wildman–Crippen LogP) is 2.73. The number of aryl methyl sites for hydroxylation is 1. The van der Waals surface area contributed by atoms with Crippen LogP contribution in [-0.4, -0.2) is 33.6 Å². The lowest BCUT2D eigenvalue weighted by Gasteiger charge is -2.21. The normalized spacial score (nSPS) is 18.7. The van der Waals surface area contributed by atoms with Gasteiger partial charge in [-0.05, 0) is 25.8 Å². The molecular formula is C14H26N4S. The van der Waals surface area contributed by atoms with E-state index in [2.05, 4.69) is 41.0 Å². The molecule has 4 nitrogen and oxygen atoms in total. The highest BCUT2D eigenvalue weighted by atomic mass is 32.2. The maximum Gasteiger partial charge on any atom is 0.191 e. The number of thioether (sulfide) groups is 1. The van der Waals surface area contributed by atoms with E-state index in [1.165, 1.54) is 31.5 Å². The lowest BCUT2D eigenvalue weighted by atomic mass is 10.0. The molecule has 0 spiro atoms. The Labute approximate surface area is 120 Å².